The van der Waals surface area contributed by atoms with Gasteiger partial charge in [0.1, 0.15) is 0 Å². The molecule has 0 saturated carbocycles. The van der Waals surface area contributed by atoms with Crippen LogP contribution in [0.25, 0.3) is 0 Å². The molecule has 35 heavy (non-hydrogen) atoms. The van der Waals surface area contributed by atoms with E-state index in [9.17, 15) is 9.59 Å². The molecule has 3 rings (SSSR count). The average Bonchev–Trinajstić information content (AvgIpc) is 3.28. The van der Waals surface area contributed by atoms with E-state index in [1.807, 2.05) is 20.8 Å². The van der Waals surface area contributed by atoms with Gasteiger partial charge in [-0.25, -0.2) is 0 Å². The van der Waals surface area contributed by atoms with Crippen LogP contribution in [-0.2, 0) is 4.79 Å². The summed E-state index contributed by atoms with van der Waals surface area (Å²) in [4.78, 5) is 25.1. The molecular weight excluding hydrogens is 512 g/mol. The third kappa shape index (κ3) is 7.74. The summed E-state index contributed by atoms with van der Waals surface area (Å²) in [6.45, 7) is 6.78. The fourth-order valence-corrected chi connectivity index (χ4v) is 4.54. The third-order valence-electron chi connectivity index (χ3n) is 4.25. The highest BCUT2D eigenvalue weighted by molar-refractivity contribution is 8.01. The lowest BCUT2D eigenvalue weighted by atomic mass is 10.1. The van der Waals surface area contributed by atoms with E-state index in [4.69, 9.17) is 25.8 Å². The molecule has 0 atom stereocenters. The molecule has 0 aliphatic carbocycles. The second-order valence-corrected chi connectivity index (χ2v) is 9.41. The van der Waals surface area contributed by atoms with Gasteiger partial charge >= 0.3 is 0 Å². The van der Waals surface area contributed by atoms with Gasteiger partial charge in [-0.15, -0.1) is 10.2 Å². The van der Waals surface area contributed by atoms with Crippen LogP contribution >= 0.6 is 34.7 Å². The highest BCUT2D eigenvalue weighted by Crippen LogP contribution is 2.39. The molecule has 2 amide bonds. The van der Waals surface area contributed by atoms with Gasteiger partial charge in [-0.3, -0.25) is 14.9 Å². The zero-order valence-corrected chi connectivity index (χ0v) is 21.8. The van der Waals surface area contributed by atoms with Crippen molar-refractivity contribution in [3.63, 3.8) is 0 Å². The number of ether oxygens (including phenoxy) is 3. The zero-order chi connectivity index (χ0) is 25.2. The number of nitrogens with one attached hydrogen (secondary N) is 2. The molecule has 0 spiro atoms. The van der Waals surface area contributed by atoms with Crippen LogP contribution in [0.3, 0.4) is 0 Å². The molecule has 0 radical (unpaired) electrons. The van der Waals surface area contributed by atoms with E-state index in [0.29, 0.717) is 62.8 Å². The first-order valence-corrected chi connectivity index (χ1v) is 13.0. The number of amides is 2. The highest BCUT2D eigenvalue weighted by atomic mass is 35.5. The molecule has 0 bridgehead atoms. The van der Waals surface area contributed by atoms with Crippen LogP contribution in [0.5, 0.6) is 17.2 Å². The summed E-state index contributed by atoms with van der Waals surface area (Å²) in [5.41, 5.74) is 0.977. The molecule has 0 saturated heterocycles. The Morgan fingerprint density at radius 1 is 0.943 bits per heavy atom. The average molecular weight is 537 g/mol. The maximum Gasteiger partial charge on any atom is 0.257 e. The molecular formula is C23H25ClN4O5S2. The third-order valence-corrected chi connectivity index (χ3v) is 6.48. The van der Waals surface area contributed by atoms with E-state index in [1.165, 1.54) is 23.1 Å². The molecule has 0 fully saturated rings. The number of nitrogens with zero attached hydrogens (tertiary/aromatic N) is 2. The molecule has 12 heteroatoms. The SMILES string of the molecule is CCOc1cc(C(=O)Nc2nnc(SCC(=O)Nc3ccc(Cl)cc3)s2)cc(OCC)c1OCC. The van der Waals surface area contributed by atoms with Crippen LogP contribution in [-0.4, -0.2) is 47.6 Å². The molecule has 2 aromatic carbocycles. The molecule has 0 unspecified atom stereocenters. The first-order chi connectivity index (χ1) is 16.9. The number of halogens is 1. The van der Waals surface area contributed by atoms with Crippen LogP contribution in [0.1, 0.15) is 31.1 Å². The molecule has 3 aromatic rings. The number of anilines is 2. The topological polar surface area (TPSA) is 112 Å². The largest absolute Gasteiger partial charge is 0.490 e. The molecule has 2 N–H and O–H groups in total. The maximum absolute atomic E-state index is 12.9. The standard InChI is InChI=1S/C23H25ClN4O5S2/c1-4-31-17-11-14(12-18(32-5-2)20(17)33-6-3)21(30)26-22-27-28-23(35-22)34-13-19(29)25-16-9-7-15(24)8-10-16/h7-12H,4-6,13H2,1-3H3,(H,25,29)(H,26,27,30). The van der Waals surface area contributed by atoms with E-state index in [2.05, 4.69) is 20.8 Å². The maximum atomic E-state index is 12.9. The summed E-state index contributed by atoms with van der Waals surface area (Å²) in [6, 6.07) is 10.0. The van der Waals surface area contributed by atoms with Crippen LogP contribution in [0.4, 0.5) is 10.8 Å². The van der Waals surface area contributed by atoms with Crippen LogP contribution in [0.2, 0.25) is 5.02 Å². The van der Waals surface area contributed by atoms with Crippen molar-refractivity contribution in [3.05, 3.63) is 47.0 Å². The first-order valence-electron chi connectivity index (χ1n) is 10.8. The normalized spacial score (nSPS) is 10.5. The van der Waals surface area contributed by atoms with Gasteiger partial charge in [0.05, 0.1) is 25.6 Å². The lowest BCUT2D eigenvalue weighted by Gasteiger charge is -2.16. The van der Waals surface area contributed by atoms with E-state index in [1.54, 1.807) is 36.4 Å². The second-order valence-electron chi connectivity index (χ2n) is 6.77. The minimum absolute atomic E-state index is 0.138. The molecule has 1 heterocycles. The van der Waals surface area contributed by atoms with Gasteiger partial charge in [0.2, 0.25) is 16.8 Å². The number of rotatable bonds is 12. The lowest BCUT2D eigenvalue weighted by molar-refractivity contribution is -0.113. The fourth-order valence-electron chi connectivity index (χ4n) is 2.87. The number of thioether (sulfide) groups is 1. The highest BCUT2D eigenvalue weighted by Gasteiger charge is 2.19. The Bertz CT molecular complexity index is 1130. The number of hydrogen-bond donors (Lipinski definition) is 2. The number of aromatic nitrogens is 2. The summed E-state index contributed by atoms with van der Waals surface area (Å²) < 4.78 is 17.6. The van der Waals surface area contributed by atoms with Crippen LogP contribution in [0.15, 0.2) is 40.7 Å². The van der Waals surface area contributed by atoms with Crippen molar-refractivity contribution in [1.82, 2.24) is 10.2 Å². The van der Waals surface area contributed by atoms with E-state index < -0.39 is 5.91 Å². The summed E-state index contributed by atoms with van der Waals surface area (Å²) in [7, 11) is 0. The van der Waals surface area contributed by atoms with Gasteiger partial charge in [0.25, 0.3) is 5.91 Å². The Morgan fingerprint density at radius 2 is 1.57 bits per heavy atom. The van der Waals surface area contributed by atoms with Gasteiger partial charge in [-0.05, 0) is 57.2 Å². The van der Waals surface area contributed by atoms with Crippen molar-refractivity contribution in [1.29, 1.82) is 0 Å². The second kappa shape index (κ2) is 13.2. The van der Waals surface area contributed by atoms with Crippen LogP contribution in [0, 0.1) is 0 Å². The number of carbonyl (C=O) groups excluding carboxylic acids is 2. The Morgan fingerprint density at radius 3 is 2.17 bits per heavy atom. The summed E-state index contributed by atoms with van der Waals surface area (Å²) in [5, 5.41) is 14.4. The van der Waals surface area contributed by atoms with Crippen molar-refractivity contribution in [3.8, 4) is 17.2 Å². The van der Waals surface area contributed by atoms with Gasteiger partial charge in [0, 0.05) is 16.3 Å². The predicted molar refractivity (Wildman–Crippen MR) is 139 cm³/mol. The summed E-state index contributed by atoms with van der Waals surface area (Å²) in [6.07, 6.45) is 0. The van der Waals surface area contributed by atoms with Crippen molar-refractivity contribution >= 4 is 57.3 Å². The van der Waals surface area contributed by atoms with Gasteiger partial charge in [-0.1, -0.05) is 34.7 Å². The number of carbonyl (C=O) groups is 2. The van der Waals surface area contributed by atoms with Crippen molar-refractivity contribution in [2.45, 2.75) is 25.1 Å². The molecule has 1 aromatic heterocycles. The molecule has 0 aliphatic rings. The molecule has 186 valence electrons. The van der Waals surface area contributed by atoms with Crippen molar-refractivity contribution in [2.75, 3.05) is 36.2 Å². The quantitative estimate of drug-likeness (QED) is 0.235. The lowest BCUT2D eigenvalue weighted by Crippen LogP contribution is -2.13. The number of hydrogen-bond acceptors (Lipinski definition) is 9. The van der Waals surface area contributed by atoms with Gasteiger partial charge in [-0.2, -0.15) is 0 Å². The fraction of sp³-hybridized carbons (Fsp3) is 0.304. The molecule has 9 nitrogen and oxygen atoms in total. The summed E-state index contributed by atoms with van der Waals surface area (Å²) >= 11 is 8.24. The van der Waals surface area contributed by atoms with E-state index >= 15 is 0 Å². The van der Waals surface area contributed by atoms with Gasteiger partial charge in [0.15, 0.2) is 15.8 Å². The van der Waals surface area contributed by atoms with Crippen molar-refractivity contribution in [2.24, 2.45) is 0 Å². The Hall–Kier alpha value is -3.02. The Labute approximate surface area is 216 Å². The Kier molecular flexibility index (Phi) is 10.0. The van der Waals surface area contributed by atoms with Gasteiger partial charge < -0.3 is 19.5 Å². The zero-order valence-electron chi connectivity index (χ0n) is 19.4. The monoisotopic (exact) mass is 536 g/mol. The first kappa shape index (κ1) is 26.6. The smallest absolute Gasteiger partial charge is 0.257 e. The van der Waals surface area contributed by atoms with Crippen LogP contribution < -0.4 is 24.8 Å². The minimum atomic E-state index is -0.400. The van der Waals surface area contributed by atoms with E-state index in [0.717, 1.165) is 0 Å². The molecule has 0 aliphatic heterocycles. The summed E-state index contributed by atoms with van der Waals surface area (Å²) in [5.74, 6) is 0.845. The van der Waals surface area contributed by atoms with Crippen molar-refractivity contribution < 1.29 is 23.8 Å². The Balaban J connectivity index is 1.63. The predicted octanol–water partition coefficient (Wildman–Crippen LogP) is 5.37. The van der Waals surface area contributed by atoms with E-state index in [-0.39, 0.29) is 11.7 Å². The number of benzene rings is 2. The minimum Gasteiger partial charge on any atom is -0.490 e.